The molecule has 0 unspecified atom stereocenters. The fourth-order valence-corrected chi connectivity index (χ4v) is 0.770. The van der Waals surface area contributed by atoms with Gasteiger partial charge in [-0.3, -0.25) is 0 Å². The van der Waals surface area contributed by atoms with Crippen LogP contribution in [0.3, 0.4) is 0 Å². The molecule has 2 aromatic carbocycles. The summed E-state index contributed by atoms with van der Waals surface area (Å²) in [5.41, 5.74) is 0. The minimum atomic E-state index is 2.00. The number of hydrogen-bond donors (Lipinski definition) is 0. The smallest absolute Gasteiger partial charge is 0.0623 e. The molecule has 0 aliphatic rings. The van der Waals surface area contributed by atoms with Crippen molar-refractivity contribution in [2.75, 3.05) is 0 Å². The summed E-state index contributed by atoms with van der Waals surface area (Å²) in [5, 5.41) is 0. The Kier molecular flexibility index (Phi) is 4.39. The molecule has 0 atom stereocenters. The van der Waals surface area contributed by atoms with E-state index in [1.54, 1.807) is 0 Å². The third-order valence-electron chi connectivity index (χ3n) is 1.33. The lowest BCUT2D eigenvalue weighted by Gasteiger charge is -1.69. The van der Waals surface area contributed by atoms with Gasteiger partial charge in [-0.25, -0.2) is 0 Å². The zero-order valence-corrected chi connectivity index (χ0v) is 6.93. The fourth-order valence-electron chi connectivity index (χ4n) is 0.770. The minimum absolute atomic E-state index is 2.00. The van der Waals surface area contributed by atoms with Gasteiger partial charge >= 0.3 is 0 Å². The van der Waals surface area contributed by atoms with E-state index in [1.807, 2.05) is 72.8 Å². The van der Waals surface area contributed by atoms with Gasteiger partial charge in [0.25, 0.3) is 0 Å². The molecule has 0 aliphatic heterocycles. The molecule has 0 amide bonds. The van der Waals surface area contributed by atoms with Gasteiger partial charge in [-0.2, -0.15) is 0 Å². The van der Waals surface area contributed by atoms with Crippen LogP contribution in [0.15, 0.2) is 72.8 Å². The van der Waals surface area contributed by atoms with Gasteiger partial charge in [0.2, 0.25) is 0 Å². The monoisotopic (exact) mass is 156 g/mol. The van der Waals surface area contributed by atoms with Crippen LogP contribution in [0.1, 0.15) is 0 Å². The Balaban J connectivity index is 0.000000120. The van der Waals surface area contributed by atoms with E-state index in [0.717, 1.165) is 0 Å². The molecule has 12 heavy (non-hydrogen) atoms. The molecular formula is C12H12. The lowest BCUT2D eigenvalue weighted by Crippen LogP contribution is -1.47. The first-order chi connectivity index (χ1) is 6.00. The van der Waals surface area contributed by atoms with E-state index in [-0.39, 0.29) is 0 Å². The first-order valence-electron chi connectivity index (χ1n) is 4.00. The van der Waals surface area contributed by atoms with Crippen molar-refractivity contribution >= 4 is 0 Å². The molecule has 0 spiro atoms. The van der Waals surface area contributed by atoms with Crippen molar-refractivity contribution in [1.82, 2.24) is 0 Å². The van der Waals surface area contributed by atoms with Crippen LogP contribution in [0.4, 0.5) is 0 Å². The highest BCUT2D eigenvalue weighted by Gasteiger charge is 1.58. The Morgan fingerprint density at radius 2 is 0.250 bits per heavy atom. The summed E-state index contributed by atoms with van der Waals surface area (Å²) in [6.45, 7) is 0. The Hall–Kier alpha value is -1.56. The number of hydrogen-bond acceptors (Lipinski definition) is 0. The lowest BCUT2D eigenvalue weighted by molar-refractivity contribution is 1.72. The average Bonchev–Trinajstić information content (AvgIpc) is 2.24. The predicted octanol–water partition coefficient (Wildman–Crippen LogP) is 3.37. The summed E-state index contributed by atoms with van der Waals surface area (Å²) in [7, 11) is 0. The Bertz CT molecular complexity index is 175. The SMILES string of the molecule is c1ccccc1.c1ccccc1. The van der Waals surface area contributed by atoms with Crippen molar-refractivity contribution in [2.45, 2.75) is 0 Å². The summed E-state index contributed by atoms with van der Waals surface area (Å²) >= 11 is 0. The first-order valence-corrected chi connectivity index (χ1v) is 4.00. The van der Waals surface area contributed by atoms with Crippen molar-refractivity contribution in [3.8, 4) is 0 Å². The third-order valence-corrected chi connectivity index (χ3v) is 1.33. The second-order valence-electron chi connectivity index (χ2n) is 2.31. The highest BCUT2D eigenvalue weighted by Crippen LogP contribution is 1.80. The summed E-state index contributed by atoms with van der Waals surface area (Å²) < 4.78 is 0. The second kappa shape index (κ2) is 6.17. The van der Waals surface area contributed by atoms with Gasteiger partial charge in [0.1, 0.15) is 0 Å². The average molecular weight is 156 g/mol. The van der Waals surface area contributed by atoms with Crippen molar-refractivity contribution in [3.05, 3.63) is 72.8 Å². The van der Waals surface area contributed by atoms with E-state index in [0.29, 0.717) is 0 Å². The highest BCUT2D eigenvalue weighted by atomic mass is 13.7. The summed E-state index contributed by atoms with van der Waals surface area (Å²) in [6.07, 6.45) is 0. The van der Waals surface area contributed by atoms with Gasteiger partial charge in [-0.15, -0.1) is 0 Å². The van der Waals surface area contributed by atoms with Crippen LogP contribution in [0.25, 0.3) is 0 Å². The summed E-state index contributed by atoms with van der Waals surface area (Å²) in [6, 6.07) is 24.0. The molecule has 0 nitrogen and oxygen atoms in total. The lowest BCUT2D eigenvalue weighted by atomic mass is 10.4. The van der Waals surface area contributed by atoms with Crippen LogP contribution >= 0.6 is 0 Å². The van der Waals surface area contributed by atoms with E-state index in [9.17, 15) is 0 Å². The van der Waals surface area contributed by atoms with Crippen molar-refractivity contribution in [2.24, 2.45) is 0 Å². The standard InChI is InChI=1S/2C6H6/c2*1-2-4-6-5-3-1/h2*1-6H. The first kappa shape index (κ1) is 8.54. The quantitative estimate of drug-likeness (QED) is 0.548. The Labute approximate surface area is 73.5 Å². The third kappa shape index (κ3) is 4.29. The zero-order valence-electron chi connectivity index (χ0n) is 6.93. The predicted molar refractivity (Wildman–Crippen MR) is 52.9 cm³/mol. The van der Waals surface area contributed by atoms with Crippen LogP contribution in [-0.4, -0.2) is 0 Å². The van der Waals surface area contributed by atoms with Crippen LogP contribution in [-0.2, 0) is 0 Å². The van der Waals surface area contributed by atoms with E-state index < -0.39 is 0 Å². The molecule has 0 heteroatoms. The molecule has 2 aromatic rings. The topological polar surface area (TPSA) is 0 Å². The molecule has 60 valence electrons. The van der Waals surface area contributed by atoms with Crippen molar-refractivity contribution in [1.29, 1.82) is 0 Å². The van der Waals surface area contributed by atoms with Crippen LogP contribution in [0.5, 0.6) is 0 Å². The largest absolute Gasteiger partial charge is 0.0623 e. The van der Waals surface area contributed by atoms with Crippen molar-refractivity contribution in [3.63, 3.8) is 0 Å². The number of rotatable bonds is 0. The maximum absolute atomic E-state index is 2.00. The molecule has 0 fully saturated rings. The van der Waals surface area contributed by atoms with Gasteiger partial charge in [0, 0.05) is 0 Å². The van der Waals surface area contributed by atoms with Gasteiger partial charge in [-0.05, 0) is 0 Å². The van der Waals surface area contributed by atoms with Crippen LogP contribution in [0, 0.1) is 0 Å². The van der Waals surface area contributed by atoms with Crippen LogP contribution < -0.4 is 0 Å². The van der Waals surface area contributed by atoms with Gasteiger partial charge in [0.05, 0.1) is 0 Å². The minimum Gasteiger partial charge on any atom is -0.0623 e. The molecule has 0 aliphatic carbocycles. The Morgan fingerprint density at radius 3 is 0.333 bits per heavy atom. The zero-order chi connectivity index (χ0) is 8.49. The molecule has 0 saturated carbocycles. The molecule has 0 radical (unpaired) electrons. The molecule has 0 heterocycles. The van der Waals surface area contributed by atoms with E-state index >= 15 is 0 Å². The van der Waals surface area contributed by atoms with Crippen molar-refractivity contribution < 1.29 is 0 Å². The fraction of sp³-hybridized carbons (Fsp3) is 0. The second-order valence-corrected chi connectivity index (χ2v) is 2.31. The molecular weight excluding hydrogens is 144 g/mol. The van der Waals surface area contributed by atoms with Gasteiger partial charge in [0.15, 0.2) is 0 Å². The van der Waals surface area contributed by atoms with E-state index in [2.05, 4.69) is 0 Å². The summed E-state index contributed by atoms with van der Waals surface area (Å²) in [4.78, 5) is 0. The number of benzene rings is 2. The molecule has 0 aromatic heterocycles. The van der Waals surface area contributed by atoms with Crippen LogP contribution in [0.2, 0.25) is 0 Å². The molecule has 0 N–H and O–H groups in total. The van der Waals surface area contributed by atoms with E-state index in [1.165, 1.54) is 0 Å². The normalized spacial score (nSPS) is 8.00. The maximum atomic E-state index is 2.00. The molecule has 0 bridgehead atoms. The molecule has 2 rings (SSSR count). The van der Waals surface area contributed by atoms with E-state index in [4.69, 9.17) is 0 Å². The van der Waals surface area contributed by atoms with Gasteiger partial charge in [-0.1, -0.05) is 72.8 Å². The highest BCUT2D eigenvalue weighted by molar-refractivity contribution is 4.99. The van der Waals surface area contributed by atoms with Gasteiger partial charge < -0.3 is 0 Å². The Morgan fingerprint density at radius 1 is 0.167 bits per heavy atom. The summed E-state index contributed by atoms with van der Waals surface area (Å²) in [5.74, 6) is 0. The maximum Gasteiger partial charge on any atom is -0.0623 e. The molecule has 0 saturated heterocycles.